The second-order valence-electron chi connectivity index (χ2n) is 5.10. The molecular formula is C13H23N5O4S. The van der Waals surface area contributed by atoms with Crippen LogP contribution in [-0.2, 0) is 20.5 Å². The zero-order valence-corrected chi connectivity index (χ0v) is 14.3. The molecule has 9 nitrogen and oxygen atoms in total. The first-order chi connectivity index (χ1) is 11.1. The Morgan fingerprint density at radius 1 is 1.43 bits per heavy atom. The van der Waals surface area contributed by atoms with E-state index in [1.807, 2.05) is 4.90 Å². The highest BCUT2D eigenvalue weighted by molar-refractivity contribution is 7.88. The number of guanidine groups is 1. The van der Waals surface area contributed by atoms with Crippen molar-refractivity contribution in [3.8, 4) is 0 Å². The van der Waals surface area contributed by atoms with Crippen LogP contribution in [0.5, 0.6) is 0 Å². The first kappa shape index (κ1) is 17.7. The monoisotopic (exact) mass is 345 g/mol. The standard InChI is InChI=1S/C13H23N5O4S/c1-14-13(15-4-10-21-2)17-5-7-18(8-6-17)23(19,20)11-12-3-9-22-16-12/h3,9H,4-8,10-11H2,1-2H3,(H,14,15). The second kappa shape index (κ2) is 8.27. The Morgan fingerprint density at radius 3 is 2.74 bits per heavy atom. The van der Waals surface area contributed by atoms with E-state index in [-0.39, 0.29) is 5.75 Å². The van der Waals surface area contributed by atoms with Crippen LogP contribution in [0.3, 0.4) is 0 Å². The molecule has 0 aliphatic carbocycles. The van der Waals surface area contributed by atoms with Crippen molar-refractivity contribution in [1.82, 2.24) is 19.7 Å². The Kier molecular flexibility index (Phi) is 6.37. The van der Waals surface area contributed by atoms with Crippen molar-refractivity contribution in [2.45, 2.75) is 5.75 Å². The molecule has 0 bridgehead atoms. The fraction of sp³-hybridized carbons (Fsp3) is 0.692. The van der Waals surface area contributed by atoms with Crippen molar-refractivity contribution in [2.75, 3.05) is 53.5 Å². The van der Waals surface area contributed by atoms with Crippen molar-refractivity contribution in [3.05, 3.63) is 18.0 Å². The van der Waals surface area contributed by atoms with Gasteiger partial charge in [0.05, 0.1) is 12.3 Å². The van der Waals surface area contributed by atoms with E-state index in [0.717, 1.165) is 5.96 Å². The number of hydrogen-bond donors (Lipinski definition) is 1. The molecule has 2 heterocycles. The molecule has 23 heavy (non-hydrogen) atoms. The van der Waals surface area contributed by atoms with Crippen LogP contribution in [0.15, 0.2) is 21.8 Å². The van der Waals surface area contributed by atoms with E-state index in [2.05, 4.69) is 20.0 Å². The minimum atomic E-state index is -3.38. The van der Waals surface area contributed by atoms with Gasteiger partial charge in [0, 0.05) is 52.9 Å². The molecule has 1 aromatic heterocycles. The predicted molar refractivity (Wildman–Crippen MR) is 85.5 cm³/mol. The lowest BCUT2D eigenvalue weighted by atomic mass is 10.4. The van der Waals surface area contributed by atoms with Gasteiger partial charge in [-0.05, 0) is 0 Å². The third-order valence-corrected chi connectivity index (χ3v) is 5.37. The lowest BCUT2D eigenvalue weighted by molar-refractivity contribution is 0.201. The van der Waals surface area contributed by atoms with Crippen LogP contribution in [-0.4, -0.2) is 82.2 Å². The van der Waals surface area contributed by atoms with Gasteiger partial charge in [0.25, 0.3) is 0 Å². The van der Waals surface area contributed by atoms with E-state index in [1.54, 1.807) is 20.2 Å². The van der Waals surface area contributed by atoms with E-state index in [9.17, 15) is 8.42 Å². The van der Waals surface area contributed by atoms with E-state index in [4.69, 9.17) is 4.74 Å². The van der Waals surface area contributed by atoms with Crippen molar-refractivity contribution >= 4 is 16.0 Å². The highest BCUT2D eigenvalue weighted by Gasteiger charge is 2.28. The Labute approximate surface area is 136 Å². The minimum absolute atomic E-state index is 0.135. The van der Waals surface area contributed by atoms with Crippen LogP contribution in [0.2, 0.25) is 0 Å². The molecular weight excluding hydrogens is 322 g/mol. The summed E-state index contributed by atoms with van der Waals surface area (Å²) >= 11 is 0. The minimum Gasteiger partial charge on any atom is -0.383 e. The molecule has 1 saturated heterocycles. The molecule has 0 unspecified atom stereocenters. The largest absolute Gasteiger partial charge is 0.383 e. The number of nitrogens with zero attached hydrogens (tertiary/aromatic N) is 4. The van der Waals surface area contributed by atoms with Gasteiger partial charge in [0.15, 0.2) is 5.96 Å². The fourth-order valence-corrected chi connectivity index (χ4v) is 3.79. The second-order valence-corrected chi connectivity index (χ2v) is 7.07. The molecule has 1 N–H and O–H groups in total. The number of hydrogen-bond acceptors (Lipinski definition) is 6. The topological polar surface area (TPSA) is 100 Å². The molecule has 0 saturated carbocycles. The Balaban J connectivity index is 1.87. The number of aromatic nitrogens is 1. The zero-order chi connectivity index (χ0) is 16.7. The molecule has 2 rings (SSSR count). The van der Waals surface area contributed by atoms with Crippen LogP contribution in [0.25, 0.3) is 0 Å². The maximum atomic E-state index is 12.4. The fourth-order valence-electron chi connectivity index (χ4n) is 2.37. The Morgan fingerprint density at radius 2 is 2.17 bits per heavy atom. The molecule has 1 aliphatic heterocycles. The third-order valence-electron chi connectivity index (χ3n) is 3.55. The van der Waals surface area contributed by atoms with Gasteiger partial charge in [-0.15, -0.1) is 0 Å². The SMILES string of the molecule is CN=C(NCCOC)N1CCN(S(=O)(=O)Cc2ccon2)CC1. The van der Waals surface area contributed by atoms with Gasteiger partial charge in [-0.3, -0.25) is 4.99 Å². The van der Waals surface area contributed by atoms with Crippen LogP contribution in [0.4, 0.5) is 0 Å². The first-order valence-electron chi connectivity index (χ1n) is 7.38. The normalized spacial score (nSPS) is 17.5. The number of piperazine rings is 1. The summed E-state index contributed by atoms with van der Waals surface area (Å²) in [6, 6.07) is 1.56. The number of rotatable bonds is 6. The lowest BCUT2D eigenvalue weighted by Gasteiger charge is -2.35. The molecule has 0 amide bonds. The molecule has 1 fully saturated rings. The predicted octanol–water partition coefficient (Wildman–Crippen LogP) is -0.656. The summed E-state index contributed by atoms with van der Waals surface area (Å²) in [4.78, 5) is 6.26. The zero-order valence-electron chi connectivity index (χ0n) is 13.4. The lowest BCUT2D eigenvalue weighted by Crippen LogP contribution is -2.54. The summed E-state index contributed by atoms with van der Waals surface area (Å²) in [6.07, 6.45) is 1.37. The average Bonchev–Trinajstić information content (AvgIpc) is 3.04. The van der Waals surface area contributed by atoms with Crippen molar-refractivity contribution in [3.63, 3.8) is 0 Å². The molecule has 0 radical (unpaired) electrons. The van der Waals surface area contributed by atoms with Crippen LogP contribution >= 0.6 is 0 Å². The molecule has 0 aromatic carbocycles. The van der Waals surface area contributed by atoms with Gasteiger partial charge in [0.1, 0.15) is 12.0 Å². The van der Waals surface area contributed by atoms with Crippen molar-refractivity contribution in [2.24, 2.45) is 4.99 Å². The summed E-state index contributed by atoms with van der Waals surface area (Å²) < 4.78 is 35.9. The maximum Gasteiger partial charge on any atom is 0.220 e. The summed E-state index contributed by atoms with van der Waals surface area (Å²) in [5, 5.41) is 6.85. The average molecular weight is 345 g/mol. The molecule has 130 valence electrons. The van der Waals surface area contributed by atoms with Gasteiger partial charge in [0.2, 0.25) is 10.0 Å². The van der Waals surface area contributed by atoms with E-state index in [0.29, 0.717) is 45.0 Å². The molecule has 0 spiro atoms. The first-order valence-corrected chi connectivity index (χ1v) is 8.99. The van der Waals surface area contributed by atoms with Gasteiger partial charge < -0.3 is 19.5 Å². The quantitative estimate of drug-likeness (QED) is 0.415. The highest BCUT2D eigenvalue weighted by Crippen LogP contribution is 2.12. The Bertz CT molecular complexity index is 594. The number of aliphatic imine (C=N–C) groups is 1. The maximum absolute atomic E-state index is 12.4. The van der Waals surface area contributed by atoms with Gasteiger partial charge in [-0.2, -0.15) is 4.31 Å². The van der Waals surface area contributed by atoms with Crippen molar-refractivity contribution in [1.29, 1.82) is 0 Å². The molecule has 1 aliphatic rings. The third kappa shape index (κ3) is 4.91. The number of sulfonamides is 1. The summed E-state index contributed by atoms with van der Waals surface area (Å²) in [6.45, 7) is 3.27. The smallest absolute Gasteiger partial charge is 0.220 e. The summed E-state index contributed by atoms with van der Waals surface area (Å²) in [5.41, 5.74) is 0.421. The number of nitrogens with one attached hydrogen (secondary N) is 1. The van der Waals surface area contributed by atoms with E-state index < -0.39 is 10.0 Å². The summed E-state index contributed by atoms with van der Waals surface area (Å²) in [5.74, 6) is 0.625. The van der Waals surface area contributed by atoms with Gasteiger partial charge in [-0.1, -0.05) is 5.16 Å². The van der Waals surface area contributed by atoms with Crippen LogP contribution in [0, 0.1) is 0 Å². The van der Waals surface area contributed by atoms with Gasteiger partial charge >= 0.3 is 0 Å². The molecule has 0 atom stereocenters. The van der Waals surface area contributed by atoms with Crippen molar-refractivity contribution < 1.29 is 17.7 Å². The summed E-state index contributed by atoms with van der Waals surface area (Å²) in [7, 11) is -0.0262. The highest BCUT2D eigenvalue weighted by atomic mass is 32.2. The van der Waals surface area contributed by atoms with Crippen LogP contribution < -0.4 is 5.32 Å². The number of ether oxygens (including phenoxy) is 1. The van der Waals surface area contributed by atoms with Crippen LogP contribution in [0.1, 0.15) is 5.69 Å². The molecule has 10 heteroatoms. The molecule has 1 aromatic rings. The Hall–Kier alpha value is -1.65. The van der Waals surface area contributed by atoms with E-state index >= 15 is 0 Å². The number of methoxy groups -OCH3 is 1. The van der Waals surface area contributed by atoms with E-state index in [1.165, 1.54) is 10.6 Å². The van der Waals surface area contributed by atoms with Gasteiger partial charge in [-0.25, -0.2) is 8.42 Å².